The van der Waals surface area contributed by atoms with Gasteiger partial charge in [-0.15, -0.1) is 0 Å². The first-order chi connectivity index (χ1) is 13.6. The molecule has 0 fully saturated rings. The maximum Gasteiger partial charge on any atom is 0.267 e. The summed E-state index contributed by atoms with van der Waals surface area (Å²) >= 11 is 0.939. The molecule has 0 saturated heterocycles. The number of nitrogens with zero attached hydrogens (tertiary/aromatic N) is 1. The lowest BCUT2D eigenvalue weighted by molar-refractivity contribution is 0.102. The molecule has 0 unspecified atom stereocenters. The summed E-state index contributed by atoms with van der Waals surface area (Å²) in [5, 5.41) is 2.95. The van der Waals surface area contributed by atoms with Crippen molar-refractivity contribution in [2.75, 3.05) is 10.0 Å². The summed E-state index contributed by atoms with van der Waals surface area (Å²) in [6, 6.07) is 8.40. The molecular weight excluding hydrogens is 413 g/mol. The summed E-state index contributed by atoms with van der Waals surface area (Å²) in [4.78, 5) is 17.1. The predicted octanol–water partition coefficient (Wildman–Crippen LogP) is 4.57. The number of aryl methyl sites for hydroxylation is 4. The Labute approximate surface area is 172 Å². The number of aromatic nitrogens is 1. The highest BCUT2D eigenvalue weighted by molar-refractivity contribution is 7.93. The van der Waals surface area contributed by atoms with E-state index >= 15 is 0 Å². The maximum absolute atomic E-state index is 13.0. The van der Waals surface area contributed by atoms with Crippen molar-refractivity contribution in [3.63, 3.8) is 0 Å². The van der Waals surface area contributed by atoms with E-state index < -0.39 is 15.8 Å². The zero-order chi connectivity index (χ0) is 21.3. The number of sulfonamides is 1. The van der Waals surface area contributed by atoms with Crippen LogP contribution >= 0.6 is 11.3 Å². The Kier molecular flexibility index (Phi) is 5.72. The maximum atomic E-state index is 13.0. The Balaban J connectivity index is 1.83. The van der Waals surface area contributed by atoms with Crippen LogP contribution in [-0.2, 0) is 10.0 Å². The summed E-state index contributed by atoms with van der Waals surface area (Å²) < 4.78 is 40.3. The van der Waals surface area contributed by atoms with Crippen molar-refractivity contribution in [3.05, 3.63) is 69.5 Å². The van der Waals surface area contributed by atoms with E-state index in [0.717, 1.165) is 58.0 Å². The van der Waals surface area contributed by atoms with Crippen LogP contribution in [0.2, 0.25) is 0 Å². The smallest absolute Gasteiger partial charge is 0.267 e. The van der Waals surface area contributed by atoms with Crippen LogP contribution in [0.3, 0.4) is 0 Å². The van der Waals surface area contributed by atoms with Crippen LogP contribution in [0.4, 0.5) is 15.2 Å². The van der Waals surface area contributed by atoms with Gasteiger partial charge in [0.1, 0.15) is 10.7 Å². The van der Waals surface area contributed by atoms with Crippen molar-refractivity contribution >= 4 is 38.1 Å². The van der Waals surface area contributed by atoms with Gasteiger partial charge in [0.05, 0.1) is 10.6 Å². The Morgan fingerprint density at radius 1 is 1.03 bits per heavy atom. The number of amides is 1. The third-order valence-corrected chi connectivity index (χ3v) is 6.82. The Morgan fingerprint density at radius 3 is 2.21 bits per heavy atom. The van der Waals surface area contributed by atoms with Gasteiger partial charge in [-0.05, 0) is 63.1 Å². The lowest BCUT2D eigenvalue weighted by atomic mass is 10.1. The highest BCUT2D eigenvalue weighted by Gasteiger charge is 2.21. The molecule has 0 aliphatic rings. The molecule has 0 bridgehead atoms. The summed E-state index contributed by atoms with van der Waals surface area (Å²) in [7, 11) is -3.94. The molecule has 0 aliphatic carbocycles. The fourth-order valence-electron chi connectivity index (χ4n) is 2.99. The molecule has 29 heavy (non-hydrogen) atoms. The van der Waals surface area contributed by atoms with Crippen LogP contribution < -0.4 is 10.0 Å². The van der Waals surface area contributed by atoms with Crippen molar-refractivity contribution in [1.29, 1.82) is 0 Å². The van der Waals surface area contributed by atoms with Crippen molar-refractivity contribution < 1.29 is 17.6 Å². The first kappa shape index (κ1) is 20.9. The monoisotopic (exact) mass is 433 g/mol. The van der Waals surface area contributed by atoms with Crippen LogP contribution in [0.5, 0.6) is 0 Å². The lowest BCUT2D eigenvalue weighted by Crippen LogP contribution is -2.13. The minimum Gasteiger partial charge on any atom is -0.321 e. The van der Waals surface area contributed by atoms with Gasteiger partial charge in [-0.2, -0.15) is 0 Å². The average Bonchev–Trinajstić information content (AvgIpc) is 2.98. The van der Waals surface area contributed by atoms with Gasteiger partial charge < -0.3 is 5.32 Å². The van der Waals surface area contributed by atoms with Crippen LogP contribution in [0, 0.1) is 33.5 Å². The predicted molar refractivity (Wildman–Crippen MR) is 113 cm³/mol. The molecule has 9 heteroatoms. The van der Waals surface area contributed by atoms with Gasteiger partial charge in [0.15, 0.2) is 5.13 Å². The van der Waals surface area contributed by atoms with Gasteiger partial charge in [0.2, 0.25) is 0 Å². The lowest BCUT2D eigenvalue weighted by Gasteiger charge is -2.12. The molecule has 6 nitrogen and oxygen atoms in total. The highest BCUT2D eigenvalue weighted by Crippen LogP contribution is 2.28. The minimum absolute atomic E-state index is 0.0642. The van der Waals surface area contributed by atoms with E-state index in [1.165, 1.54) is 0 Å². The number of carbonyl (C=O) groups excluding carboxylic acids is 1. The number of anilines is 2. The van der Waals surface area contributed by atoms with Gasteiger partial charge >= 0.3 is 0 Å². The van der Waals surface area contributed by atoms with Gasteiger partial charge in [0.25, 0.3) is 15.9 Å². The quantitative estimate of drug-likeness (QED) is 0.617. The number of carbonyl (C=O) groups is 1. The number of hydrogen-bond acceptors (Lipinski definition) is 5. The van der Waals surface area contributed by atoms with Crippen molar-refractivity contribution in [1.82, 2.24) is 4.98 Å². The zero-order valence-electron chi connectivity index (χ0n) is 16.3. The molecule has 0 radical (unpaired) electrons. The molecule has 152 valence electrons. The Hall–Kier alpha value is -2.78. The highest BCUT2D eigenvalue weighted by atomic mass is 32.2. The third kappa shape index (κ3) is 4.63. The van der Waals surface area contributed by atoms with Gasteiger partial charge in [-0.1, -0.05) is 29.0 Å². The Morgan fingerprint density at radius 2 is 1.62 bits per heavy atom. The number of rotatable bonds is 5. The van der Waals surface area contributed by atoms with E-state index in [2.05, 4.69) is 15.0 Å². The molecule has 1 amide bonds. The summed E-state index contributed by atoms with van der Waals surface area (Å²) in [5.74, 6) is -0.892. The molecule has 0 spiro atoms. The number of halogens is 1. The molecule has 1 heterocycles. The Bertz CT molecular complexity index is 1160. The van der Waals surface area contributed by atoms with E-state index in [-0.39, 0.29) is 15.9 Å². The van der Waals surface area contributed by atoms with Crippen molar-refractivity contribution in [2.24, 2.45) is 0 Å². The van der Waals surface area contributed by atoms with E-state index in [1.807, 2.05) is 32.9 Å². The number of nitrogens with one attached hydrogen (secondary N) is 2. The first-order valence-corrected chi connectivity index (χ1v) is 11.0. The summed E-state index contributed by atoms with van der Waals surface area (Å²) in [6.45, 7) is 7.45. The fourth-order valence-corrected chi connectivity index (χ4v) is 5.08. The molecule has 0 aliphatic heterocycles. The van der Waals surface area contributed by atoms with Crippen molar-refractivity contribution in [2.45, 2.75) is 32.6 Å². The molecule has 3 aromatic rings. The molecular formula is C20H20FN3O3S2. The normalized spacial score (nSPS) is 11.3. The van der Waals surface area contributed by atoms with E-state index in [0.29, 0.717) is 10.6 Å². The number of hydrogen-bond donors (Lipinski definition) is 2. The second-order valence-electron chi connectivity index (χ2n) is 6.72. The van der Waals surface area contributed by atoms with Crippen LogP contribution in [0.15, 0.2) is 41.3 Å². The standard InChI is InChI=1S/C20H20FN3O3S2/c1-11-9-12(2)17(13(3)10-11)23-19(25)18-14(4)22-20(28-18)24-29(26,27)16-7-5-15(21)6-8-16/h5-10H,1-4H3,(H,22,24)(H,23,25). The van der Waals surface area contributed by atoms with E-state index in [4.69, 9.17) is 0 Å². The topological polar surface area (TPSA) is 88.2 Å². The van der Waals surface area contributed by atoms with Gasteiger partial charge in [0, 0.05) is 5.69 Å². The van der Waals surface area contributed by atoms with E-state index in [1.54, 1.807) is 6.92 Å². The number of benzene rings is 2. The molecule has 0 atom stereocenters. The second kappa shape index (κ2) is 7.92. The first-order valence-electron chi connectivity index (χ1n) is 8.72. The third-order valence-electron chi connectivity index (χ3n) is 4.26. The summed E-state index contributed by atoms with van der Waals surface area (Å²) in [5.41, 5.74) is 4.11. The molecule has 0 saturated carbocycles. The van der Waals surface area contributed by atoms with E-state index in [9.17, 15) is 17.6 Å². The van der Waals surface area contributed by atoms with Crippen LogP contribution in [0.1, 0.15) is 32.1 Å². The van der Waals surface area contributed by atoms with Gasteiger partial charge in [-0.3, -0.25) is 9.52 Å². The van der Waals surface area contributed by atoms with Crippen LogP contribution in [0.25, 0.3) is 0 Å². The van der Waals surface area contributed by atoms with Crippen molar-refractivity contribution in [3.8, 4) is 0 Å². The molecule has 1 aromatic heterocycles. The average molecular weight is 434 g/mol. The van der Waals surface area contributed by atoms with Gasteiger partial charge in [-0.25, -0.2) is 17.8 Å². The van der Waals surface area contributed by atoms with Crippen LogP contribution in [-0.4, -0.2) is 19.3 Å². The second-order valence-corrected chi connectivity index (χ2v) is 9.40. The zero-order valence-corrected chi connectivity index (χ0v) is 18.0. The minimum atomic E-state index is -3.94. The number of thiazole rings is 1. The SMILES string of the molecule is Cc1cc(C)c(NC(=O)c2sc(NS(=O)(=O)c3ccc(F)cc3)nc2C)c(C)c1. The largest absolute Gasteiger partial charge is 0.321 e. The molecule has 2 aromatic carbocycles. The fraction of sp³-hybridized carbons (Fsp3) is 0.200. The molecule has 3 rings (SSSR count). The molecule has 2 N–H and O–H groups in total. The summed E-state index contributed by atoms with van der Waals surface area (Å²) in [6.07, 6.45) is 0.